The lowest BCUT2D eigenvalue weighted by Crippen LogP contribution is -2.20. The number of carbonyl (C=O) groups is 1. The van der Waals surface area contributed by atoms with Gasteiger partial charge in [-0.05, 0) is 11.4 Å². The van der Waals surface area contributed by atoms with Gasteiger partial charge in [0.2, 0.25) is 0 Å². The lowest BCUT2D eigenvalue weighted by atomic mass is 10.3. The van der Waals surface area contributed by atoms with Gasteiger partial charge in [0.15, 0.2) is 0 Å². The van der Waals surface area contributed by atoms with Crippen molar-refractivity contribution in [2.45, 2.75) is 6.04 Å². The second kappa shape index (κ2) is 3.50. The molecule has 59 valence electrons. The third kappa shape index (κ3) is 1.78. The molecule has 4 heteroatoms. The van der Waals surface area contributed by atoms with Crippen molar-refractivity contribution in [1.82, 2.24) is 0 Å². The van der Waals surface area contributed by atoms with Gasteiger partial charge in [-0.25, -0.2) is 4.79 Å². The number of hydrogen-bond donors (Lipinski definition) is 1. The molecule has 0 aliphatic carbocycles. The second-order valence-corrected chi connectivity index (χ2v) is 2.94. The molecule has 2 N–H and O–H groups in total. The molecule has 1 atom stereocenters. The molecule has 1 radical (unpaired) electrons. The number of rotatable bonds is 2. The molecule has 3 nitrogen and oxygen atoms in total. The van der Waals surface area contributed by atoms with Crippen molar-refractivity contribution in [1.29, 1.82) is 0 Å². The van der Waals surface area contributed by atoms with Crippen LogP contribution >= 0.6 is 11.3 Å². The smallest absolute Gasteiger partial charge is 0.328 e. The van der Waals surface area contributed by atoms with E-state index in [0.717, 1.165) is 4.88 Å². The van der Waals surface area contributed by atoms with Crippen LogP contribution in [0.2, 0.25) is 0 Å². The van der Waals surface area contributed by atoms with E-state index >= 15 is 0 Å². The molecule has 0 bridgehead atoms. The highest BCUT2D eigenvalue weighted by molar-refractivity contribution is 7.10. The van der Waals surface area contributed by atoms with Crippen molar-refractivity contribution >= 4 is 17.3 Å². The number of nitrogens with two attached hydrogens (primary N) is 1. The topological polar surface area (TPSA) is 52.3 Å². The van der Waals surface area contributed by atoms with Crippen LogP contribution in [0.15, 0.2) is 17.5 Å². The lowest BCUT2D eigenvalue weighted by Gasteiger charge is -2.04. The van der Waals surface area contributed by atoms with Crippen molar-refractivity contribution in [2.24, 2.45) is 5.73 Å². The van der Waals surface area contributed by atoms with Crippen LogP contribution in [-0.2, 0) is 9.53 Å². The average molecular weight is 170 g/mol. The first-order valence-electron chi connectivity index (χ1n) is 3.00. The Kier molecular flexibility index (Phi) is 2.62. The molecule has 0 spiro atoms. The van der Waals surface area contributed by atoms with E-state index < -0.39 is 12.0 Å². The van der Waals surface area contributed by atoms with Gasteiger partial charge in [-0.2, -0.15) is 0 Å². The van der Waals surface area contributed by atoms with Crippen molar-refractivity contribution in [2.75, 3.05) is 0 Å². The fourth-order valence-corrected chi connectivity index (χ4v) is 1.39. The summed E-state index contributed by atoms with van der Waals surface area (Å²) in [4.78, 5) is 11.6. The van der Waals surface area contributed by atoms with Gasteiger partial charge in [-0.3, -0.25) is 0 Å². The molecule has 1 aromatic rings. The van der Waals surface area contributed by atoms with Crippen LogP contribution in [0.5, 0.6) is 0 Å². The van der Waals surface area contributed by atoms with Gasteiger partial charge in [-0.1, -0.05) is 6.07 Å². The third-order valence-corrected chi connectivity index (χ3v) is 2.20. The van der Waals surface area contributed by atoms with E-state index in [-0.39, 0.29) is 0 Å². The minimum absolute atomic E-state index is 0.507. The minimum Gasteiger partial charge on any atom is -0.461 e. The Hall–Kier alpha value is -0.870. The van der Waals surface area contributed by atoms with Crippen molar-refractivity contribution < 1.29 is 9.53 Å². The number of esters is 1. The zero-order valence-corrected chi connectivity index (χ0v) is 6.64. The zero-order chi connectivity index (χ0) is 8.27. The van der Waals surface area contributed by atoms with E-state index in [1.165, 1.54) is 11.3 Å². The molecule has 0 saturated heterocycles. The Bertz CT molecular complexity index is 233. The quantitative estimate of drug-likeness (QED) is 0.676. The van der Waals surface area contributed by atoms with E-state index in [4.69, 9.17) is 5.73 Å². The maximum Gasteiger partial charge on any atom is 0.328 e. The van der Waals surface area contributed by atoms with Crippen LogP contribution in [0.3, 0.4) is 0 Å². The van der Waals surface area contributed by atoms with Crippen molar-refractivity contribution in [3.05, 3.63) is 29.5 Å². The number of ether oxygens (including phenoxy) is 1. The summed E-state index contributed by atoms with van der Waals surface area (Å²) in [5, 5.41) is 1.85. The summed E-state index contributed by atoms with van der Waals surface area (Å²) in [6.45, 7) is 0. The van der Waals surface area contributed by atoms with Gasteiger partial charge in [-0.15, -0.1) is 11.3 Å². The summed E-state index contributed by atoms with van der Waals surface area (Å²) in [5.74, 6) is -0.507. The number of hydrogen-bond acceptors (Lipinski definition) is 4. The standard InChI is InChI=1S/C7H8NO2S/c1-10-7(9)6(8)5-3-2-4-11-5/h2-4,6H,1,8H2. The molecule has 0 fully saturated rings. The molecule has 0 saturated carbocycles. The molecular formula is C7H8NO2S. The molecule has 1 aromatic heterocycles. The van der Waals surface area contributed by atoms with Crippen LogP contribution in [0.4, 0.5) is 0 Å². The van der Waals surface area contributed by atoms with E-state index in [1.807, 2.05) is 11.4 Å². The Morgan fingerprint density at radius 1 is 1.82 bits per heavy atom. The first-order valence-corrected chi connectivity index (χ1v) is 3.88. The molecule has 0 aliphatic heterocycles. The van der Waals surface area contributed by atoms with Crippen LogP contribution in [0.25, 0.3) is 0 Å². The Morgan fingerprint density at radius 2 is 2.55 bits per heavy atom. The molecule has 1 unspecified atom stereocenters. The second-order valence-electron chi connectivity index (χ2n) is 1.96. The van der Waals surface area contributed by atoms with Gasteiger partial charge >= 0.3 is 5.97 Å². The first kappa shape index (κ1) is 8.23. The van der Waals surface area contributed by atoms with Gasteiger partial charge in [0.25, 0.3) is 0 Å². The average Bonchev–Trinajstić information content (AvgIpc) is 2.53. The van der Waals surface area contributed by atoms with E-state index in [2.05, 4.69) is 11.8 Å². The number of carbonyl (C=O) groups excluding carboxylic acids is 1. The lowest BCUT2D eigenvalue weighted by molar-refractivity contribution is -0.140. The highest BCUT2D eigenvalue weighted by Gasteiger charge is 2.16. The zero-order valence-electron chi connectivity index (χ0n) is 5.82. The fraction of sp³-hybridized carbons (Fsp3) is 0.143. The SMILES string of the molecule is [CH2]OC(=O)C(N)c1cccs1. The normalized spacial score (nSPS) is 12.5. The maximum absolute atomic E-state index is 10.8. The summed E-state index contributed by atoms with van der Waals surface area (Å²) in [7, 11) is 2.99. The number of thiophene rings is 1. The van der Waals surface area contributed by atoms with Crippen molar-refractivity contribution in [3.63, 3.8) is 0 Å². The largest absolute Gasteiger partial charge is 0.461 e. The van der Waals surface area contributed by atoms with Gasteiger partial charge in [0.1, 0.15) is 13.2 Å². The molecule has 0 aromatic carbocycles. The van der Waals surface area contributed by atoms with Gasteiger partial charge < -0.3 is 10.5 Å². The molecule has 1 heterocycles. The van der Waals surface area contributed by atoms with Gasteiger partial charge in [0, 0.05) is 4.88 Å². The Balaban J connectivity index is 2.70. The monoisotopic (exact) mass is 170 g/mol. The summed E-state index contributed by atoms with van der Waals surface area (Å²) in [6.07, 6.45) is 0. The minimum atomic E-state index is -0.688. The molecular weight excluding hydrogens is 162 g/mol. The molecule has 11 heavy (non-hydrogen) atoms. The first-order chi connectivity index (χ1) is 5.25. The van der Waals surface area contributed by atoms with Crippen LogP contribution in [0.1, 0.15) is 10.9 Å². The van der Waals surface area contributed by atoms with Crippen molar-refractivity contribution in [3.8, 4) is 0 Å². The Morgan fingerprint density at radius 3 is 3.00 bits per heavy atom. The van der Waals surface area contributed by atoms with Crippen LogP contribution in [-0.4, -0.2) is 5.97 Å². The van der Waals surface area contributed by atoms with E-state index in [1.54, 1.807) is 6.07 Å². The molecule has 0 amide bonds. The highest BCUT2D eigenvalue weighted by Crippen LogP contribution is 2.17. The third-order valence-electron chi connectivity index (χ3n) is 1.25. The predicted molar refractivity (Wildman–Crippen MR) is 42.7 cm³/mol. The fourth-order valence-electron chi connectivity index (χ4n) is 0.674. The van der Waals surface area contributed by atoms with Crippen LogP contribution in [0, 0.1) is 7.11 Å². The summed E-state index contributed by atoms with van der Waals surface area (Å²) >= 11 is 1.42. The predicted octanol–water partition coefficient (Wildman–Crippen LogP) is 1.08. The maximum atomic E-state index is 10.8. The molecule has 1 rings (SSSR count). The van der Waals surface area contributed by atoms with E-state index in [9.17, 15) is 4.79 Å². The Labute approximate surface area is 68.8 Å². The highest BCUT2D eigenvalue weighted by atomic mass is 32.1. The molecule has 0 aliphatic rings. The summed E-state index contributed by atoms with van der Waals surface area (Å²) in [6, 6.07) is 2.93. The van der Waals surface area contributed by atoms with Crippen LogP contribution < -0.4 is 5.73 Å². The summed E-state index contributed by atoms with van der Waals surface area (Å²) < 4.78 is 4.23. The van der Waals surface area contributed by atoms with E-state index in [0.29, 0.717) is 0 Å². The summed E-state index contributed by atoms with van der Waals surface area (Å²) in [5.41, 5.74) is 5.49. The van der Waals surface area contributed by atoms with Gasteiger partial charge in [0.05, 0.1) is 0 Å².